The molecule has 0 amide bonds. The first-order valence-electron chi connectivity index (χ1n) is 10.2. The minimum absolute atomic E-state index is 0.0683. The smallest absolute Gasteiger partial charge is 0.168 e. The Morgan fingerprint density at radius 3 is 2.59 bits per heavy atom. The standard InChI is InChI=1S/C25H23F2NO/c26-18-12-21(25(22(27)13-18)29-15-16-6-2-1-3-7-16)20-14-24(20)28-23-11-10-17-8-4-5-9-19(17)23/h1-9,12-13,20,23-24,28H,10-11,14-15H2/t20-,23?,24+/m0/s1. The lowest BCUT2D eigenvalue weighted by Gasteiger charge is -2.16. The molecule has 0 aliphatic heterocycles. The summed E-state index contributed by atoms with van der Waals surface area (Å²) in [6.45, 7) is 0.261. The average molecular weight is 391 g/mol. The fraction of sp³-hybridized carbons (Fsp3) is 0.280. The Kier molecular flexibility index (Phi) is 4.80. The molecule has 1 unspecified atom stereocenters. The van der Waals surface area contributed by atoms with Gasteiger partial charge in [0.2, 0.25) is 0 Å². The van der Waals surface area contributed by atoms with E-state index in [1.165, 1.54) is 17.2 Å². The van der Waals surface area contributed by atoms with Crippen molar-refractivity contribution < 1.29 is 13.5 Å². The molecule has 0 spiro atoms. The molecule has 0 radical (unpaired) electrons. The van der Waals surface area contributed by atoms with E-state index >= 15 is 0 Å². The molecule has 5 rings (SSSR count). The summed E-state index contributed by atoms with van der Waals surface area (Å²) < 4.78 is 34.3. The van der Waals surface area contributed by atoms with Gasteiger partial charge in [0.1, 0.15) is 12.4 Å². The highest BCUT2D eigenvalue weighted by atomic mass is 19.1. The van der Waals surface area contributed by atoms with Crippen LogP contribution in [0.15, 0.2) is 66.7 Å². The first-order valence-corrected chi connectivity index (χ1v) is 10.2. The van der Waals surface area contributed by atoms with E-state index in [1.807, 2.05) is 30.3 Å². The fourth-order valence-corrected chi connectivity index (χ4v) is 4.45. The molecule has 1 fully saturated rings. The molecule has 3 aromatic rings. The fourth-order valence-electron chi connectivity index (χ4n) is 4.45. The summed E-state index contributed by atoms with van der Waals surface area (Å²) in [6, 6.07) is 21.0. The second-order valence-corrected chi connectivity index (χ2v) is 7.99. The molecule has 0 bridgehead atoms. The molecule has 2 aliphatic rings. The monoisotopic (exact) mass is 391 g/mol. The zero-order valence-corrected chi connectivity index (χ0v) is 16.1. The maximum atomic E-state index is 14.5. The van der Waals surface area contributed by atoms with Crippen LogP contribution in [0.4, 0.5) is 8.78 Å². The lowest BCUT2D eigenvalue weighted by atomic mass is 10.1. The highest BCUT2D eigenvalue weighted by Crippen LogP contribution is 2.48. The lowest BCUT2D eigenvalue weighted by Crippen LogP contribution is -2.22. The molecule has 0 heterocycles. The molecule has 148 valence electrons. The van der Waals surface area contributed by atoms with Gasteiger partial charge < -0.3 is 10.1 Å². The third-order valence-corrected chi connectivity index (χ3v) is 6.00. The predicted octanol–water partition coefficient (Wildman–Crippen LogP) is 5.68. The van der Waals surface area contributed by atoms with Gasteiger partial charge in [-0.15, -0.1) is 0 Å². The molecular weight excluding hydrogens is 368 g/mol. The van der Waals surface area contributed by atoms with Gasteiger partial charge in [0, 0.05) is 29.6 Å². The van der Waals surface area contributed by atoms with E-state index in [0.717, 1.165) is 30.9 Å². The quantitative estimate of drug-likeness (QED) is 0.584. The van der Waals surface area contributed by atoms with Gasteiger partial charge in [0.25, 0.3) is 0 Å². The summed E-state index contributed by atoms with van der Waals surface area (Å²) >= 11 is 0. The Morgan fingerprint density at radius 1 is 0.931 bits per heavy atom. The number of hydrogen-bond donors (Lipinski definition) is 1. The zero-order chi connectivity index (χ0) is 19.8. The Bertz CT molecular complexity index is 1020. The summed E-state index contributed by atoms with van der Waals surface area (Å²) in [4.78, 5) is 0. The van der Waals surface area contributed by atoms with Crippen molar-refractivity contribution in [2.45, 2.75) is 43.9 Å². The number of benzene rings is 3. The van der Waals surface area contributed by atoms with E-state index in [1.54, 1.807) is 0 Å². The third kappa shape index (κ3) is 3.77. The van der Waals surface area contributed by atoms with Gasteiger partial charge in [0.05, 0.1) is 0 Å². The molecule has 0 saturated heterocycles. The van der Waals surface area contributed by atoms with Crippen LogP contribution >= 0.6 is 0 Å². The summed E-state index contributed by atoms with van der Waals surface area (Å²) in [5.74, 6) is -0.940. The van der Waals surface area contributed by atoms with Gasteiger partial charge in [-0.05, 0) is 42.0 Å². The van der Waals surface area contributed by atoms with Gasteiger partial charge in [-0.3, -0.25) is 0 Å². The van der Waals surface area contributed by atoms with Crippen molar-refractivity contribution in [3.63, 3.8) is 0 Å². The predicted molar refractivity (Wildman–Crippen MR) is 109 cm³/mol. The van der Waals surface area contributed by atoms with Crippen molar-refractivity contribution in [2.75, 3.05) is 0 Å². The summed E-state index contributed by atoms with van der Waals surface area (Å²) in [5.41, 5.74) is 4.33. The van der Waals surface area contributed by atoms with Crippen LogP contribution < -0.4 is 10.1 Å². The Hall–Kier alpha value is -2.72. The van der Waals surface area contributed by atoms with Crippen LogP contribution in [0, 0.1) is 11.6 Å². The third-order valence-electron chi connectivity index (χ3n) is 6.00. The number of halogens is 2. The van der Waals surface area contributed by atoms with E-state index < -0.39 is 11.6 Å². The van der Waals surface area contributed by atoms with Crippen molar-refractivity contribution in [3.05, 3.63) is 101 Å². The van der Waals surface area contributed by atoms with Gasteiger partial charge in [-0.2, -0.15) is 0 Å². The largest absolute Gasteiger partial charge is 0.486 e. The number of ether oxygens (including phenoxy) is 1. The normalized spacial score (nSPS) is 22.3. The molecule has 2 nitrogen and oxygen atoms in total. The van der Waals surface area contributed by atoms with Crippen LogP contribution in [0.5, 0.6) is 5.75 Å². The van der Waals surface area contributed by atoms with Crippen molar-refractivity contribution >= 4 is 0 Å². The second-order valence-electron chi connectivity index (χ2n) is 7.99. The number of hydrogen-bond acceptors (Lipinski definition) is 2. The van der Waals surface area contributed by atoms with E-state index in [9.17, 15) is 8.78 Å². The van der Waals surface area contributed by atoms with Crippen molar-refractivity contribution in [1.82, 2.24) is 5.32 Å². The molecule has 2 aliphatic carbocycles. The average Bonchev–Trinajstić information content (AvgIpc) is 3.38. The molecule has 0 aromatic heterocycles. The highest BCUT2D eigenvalue weighted by molar-refractivity contribution is 5.43. The SMILES string of the molecule is Fc1cc(F)c(OCc2ccccc2)c([C@@H]2C[C@H]2NC2CCc3ccccc32)c1. The van der Waals surface area contributed by atoms with Crippen LogP contribution in [0.1, 0.15) is 47.1 Å². The summed E-state index contributed by atoms with van der Waals surface area (Å²) in [6.07, 6.45) is 3.01. The number of rotatable bonds is 6. The second kappa shape index (κ2) is 7.60. The number of fused-ring (bicyclic) bond motifs is 1. The summed E-state index contributed by atoms with van der Waals surface area (Å²) in [7, 11) is 0. The van der Waals surface area contributed by atoms with Gasteiger partial charge in [-0.1, -0.05) is 54.6 Å². The van der Waals surface area contributed by atoms with Crippen LogP contribution in [0.2, 0.25) is 0 Å². The zero-order valence-electron chi connectivity index (χ0n) is 16.1. The first-order chi connectivity index (χ1) is 14.2. The lowest BCUT2D eigenvalue weighted by molar-refractivity contribution is 0.285. The first kappa shape index (κ1) is 18.3. The van der Waals surface area contributed by atoms with Crippen molar-refractivity contribution in [1.29, 1.82) is 0 Å². The maximum Gasteiger partial charge on any atom is 0.168 e. The Labute approximate surface area is 169 Å². The topological polar surface area (TPSA) is 21.3 Å². The minimum atomic E-state index is -0.632. The highest BCUT2D eigenvalue weighted by Gasteiger charge is 2.43. The van der Waals surface area contributed by atoms with Crippen molar-refractivity contribution in [3.8, 4) is 5.75 Å². The Balaban J connectivity index is 1.32. The number of nitrogens with one attached hydrogen (secondary N) is 1. The van der Waals surface area contributed by atoms with Gasteiger partial charge in [0.15, 0.2) is 11.6 Å². The maximum absolute atomic E-state index is 14.5. The minimum Gasteiger partial charge on any atom is -0.486 e. The van der Waals surface area contributed by atoms with Crippen molar-refractivity contribution in [2.24, 2.45) is 0 Å². The van der Waals surface area contributed by atoms with Crippen LogP contribution in [0.3, 0.4) is 0 Å². The molecule has 3 aromatic carbocycles. The summed E-state index contributed by atoms with van der Waals surface area (Å²) in [5, 5.41) is 3.70. The Morgan fingerprint density at radius 2 is 1.72 bits per heavy atom. The molecular formula is C25H23F2NO. The van der Waals surface area contributed by atoms with E-state index in [4.69, 9.17) is 4.74 Å². The number of aryl methyl sites for hydroxylation is 1. The molecule has 1 saturated carbocycles. The van der Waals surface area contributed by atoms with E-state index in [2.05, 4.69) is 29.6 Å². The molecule has 1 N–H and O–H groups in total. The van der Waals surface area contributed by atoms with E-state index in [-0.39, 0.29) is 24.3 Å². The van der Waals surface area contributed by atoms with Gasteiger partial charge in [-0.25, -0.2) is 8.78 Å². The van der Waals surface area contributed by atoms with E-state index in [0.29, 0.717) is 11.6 Å². The molecule has 4 heteroatoms. The van der Waals surface area contributed by atoms with Crippen LogP contribution in [-0.4, -0.2) is 6.04 Å². The van der Waals surface area contributed by atoms with Gasteiger partial charge >= 0.3 is 0 Å². The van der Waals surface area contributed by atoms with Crippen LogP contribution in [0.25, 0.3) is 0 Å². The van der Waals surface area contributed by atoms with Crippen LogP contribution in [-0.2, 0) is 13.0 Å². The molecule has 3 atom stereocenters. The molecule has 29 heavy (non-hydrogen) atoms.